The normalized spacial score (nSPS) is 12.1. The summed E-state index contributed by atoms with van der Waals surface area (Å²) < 4.78 is 0. The zero-order valence-electron chi connectivity index (χ0n) is 11.8. The molecule has 7 nitrogen and oxygen atoms in total. The van der Waals surface area contributed by atoms with Crippen molar-refractivity contribution < 1.29 is 9.59 Å². The second-order valence-corrected chi connectivity index (χ2v) is 5.58. The van der Waals surface area contributed by atoms with Crippen molar-refractivity contribution in [1.82, 2.24) is 20.8 Å². The summed E-state index contributed by atoms with van der Waals surface area (Å²) in [4.78, 5) is 24.9. The second-order valence-electron chi connectivity index (χ2n) is 4.58. The fraction of sp³-hybridized carbons (Fsp3) is 0.385. The van der Waals surface area contributed by atoms with Crippen molar-refractivity contribution in [2.24, 2.45) is 0 Å². The number of amides is 2. The van der Waals surface area contributed by atoms with Gasteiger partial charge in [-0.25, -0.2) is 0 Å². The number of nitrogens with two attached hydrogens (primary N) is 1. The highest BCUT2D eigenvalue weighted by Crippen LogP contribution is 2.31. The Kier molecular flexibility index (Phi) is 4.69. The Labute approximate surface area is 125 Å². The van der Waals surface area contributed by atoms with Gasteiger partial charge in [0.05, 0.1) is 11.9 Å². The van der Waals surface area contributed by atoms with Crippen LogP contribution in [0.15, 0.2) is 12.3 Å². The highest BCUT2D eigenvalue weighted by atomic mass is 32.1. The van der Waals surface area contributed by atoms with Crippen LogP contribution in [0.2, 0.25) is 0 Å². The first-order valence-corrected chi connectivity index (χ1v) is 7.44. The van der Waals surface area contributed by atoms with Crippen molar-refractivity contribution in [1.29, 1.82) is 0 Å². The second kappa shape index (κ2) is 6.49. The van der Waals surface area contributed by atoms with Crippen molar-refractivity contribution in [3.63, 3.8) is 0 Å². The predicted molar refractivity (Wildman–Crippen MR) is 82.1 cm³/mol. The van der Waals surface area contributed by atoms with Gasteiger partial charge in [-0.1, -0.05) is 6.92 Å². The Hall–Kier alpha value is -2.22. The molecule has 0 aliphatic rings. The molecule has 0 radical (unpaired) electrons. The summed E-state index contributed by atoms with van der Waals surface area (Å²) in [7, 11) is 0. The van der Waals surface area contributed by atoms with Crippen LogP contribution in [0.1, 0.15) is 29.9 Å². The quantitative estimate of drug-likeness (QED) is 0.761. The van der Waals surface area contributed by atoms with Crippen molar-refractivity contribution >= 4 is 39.1 Å². The minimum Gasteiger partial charge on any atom is -0.397 e. The Morgan fingerprint density at radius 3 is 2.90 bits per heavy atom. The molecule has 0 aliphatic heterocycles. The van der Waals surface area contributed by atoms with Crippen LogP contribution >= 0.6 is 11.3 Å². The number of fused-ring (bicyclic) bond motifs is 1. The lowest BCUT2D eigenvalue weighted by atomic mass is 10.2. The van der Waals surface area contributed by atoms with Gasteiger partial charge in [0.15, 0.2) is 0 Å². The smallest absolute Gasteiger partial charge is 0.264 e. The molecule has 0 fully saturated rings. The number of hydrogen-bond donors (Lipinski definition) is 3. The number of nitrogens with one attached hydrogen (secondary N) is 2. The Morgan fingerprint density at radius 1 is 1.48 bits per heavy atom. The number of carbonyl (C=O) groups excluding carboxylic acids is 2. The van der Waals surface area contributed by atoms with E-state index >= 15 is 0 Å². The van der Waals surface area contributed by atoms with Gasteiger partial charge in [0.25, 0.3) is 5.91 Å². The average Bonchev–Trinajstić information content (AvgIpc) is 2.82. The van der Waals surface area contributed by atoms with Crippen LogP contribution in [0.25, 0.3) is 10.2 Å². The van der Waals surface area contributed by atoms with Gasteiger partial charge in [-0.3, -0.25) is 9.59 Å². The molecule has 21 heavy (non-hydrogen) atoms. The number of aromatic nitrogens is 2. The highest BCUT2D eigenvalue weighted by Gasteiger charge is 2.21. The zero-order valence-corrected chi connectivity index (χ0v) is 12.7. The molecule has 2 aromatic heterocycles. The fourth-order valence-electron chi connectivity index (χ4n) is 1.77. The third kappa shape index (κ3) is 3.27. The van der Waals surface area contributed by atoms with Crippen LogP contribution in [0.5, 0.6) is 0 Å². The maximum absolute atomic E-state index is 12.2. The summed E-state index contributed by atoms with van der Waals surface area (Å²) >= 11 is 1.16. The number of nitrogen functional groups attached to an aromatic ring is 1. The molecule has 2 amide bonds. The molecule has 8 heteroatoms. The van der Waals surface area contributed by atoms with Gasteiger partial charge in [0, 0.05) is 11.9 Å². The zero-order chi connectivity index (χ0) is 15.4. The number of hydrogen-bond acceptors (Lipinski definition) is 6. The molecule has 0 saturated heterocycles. The van der Waals surface area contributed by atoms with Crippen LogP contribution in [0.4, 0.5) is 5.69 Å². The maximum atomic E-state index is 12.2. The molecule has 0 aliphatic carbocycles. The van der Waals surface area contributed by atoms with Crippen LogP contribution in [0.3, 0.4) is 0 Å². The van der Waals surface area contributed by atoms with Crippen LogP contribution < -0.4 is 16.4 Å². The molecule has 1 unspecified atom stereocenters. The number of anilines is 1. The van der Waals surface area contributed by atoms with E-state index in [1.54, 1.807) is 13.0 Å². The van der Waals surface area contributed by atoms with E-state index in [1.165, 1.54) is 6.20 Å². The lowest BCUT2D eigenvalue weighted by molar-refractivity contribution is -0.122. The molecule has 112 valence electrons. The van der Waals surface area contributed by atoms with Crippen molar-refractivity contribution in [2.45, 2.75) is 26.3 Å². The fourth-order valence-corrected chi connectivity index (χ4v) is 2.71. The van der Waals surface area contributed by atoms with Crippen molar-refractivity contribution in [2.75, 3.05) is 12.3 Å². The van der Waals surface area contributed by atoms with Gasteiger partial charge < -0.3 is 16.4 Å². The maximum Gasteiger partial charge on any atom is 0.264 e. The van der Waals surface area contributed by atoms with E-state index in [-0.39, 0.29) is 11.8 Å². The van der Waals surface area contributed by atoms with Gasteiger partial charge >= 0.3 is 0 Å². The van der Waals surface area contributed by atoms with Gasteiger partial charge in [-0.05, 0) is 19.4 Å². The molecule has 2 heterocycles. The van der Waals surface area contributed by atoms with E-state index in [1.807, 2.05) is 6.92 Å². The van der Waals surface area contributed by atoms with Crippen molar-refractivity contribution in [3.05, 3.63) is 17.1 Å². The average molecular weight is 307 g/mol. The van der Waals surface area contributed by atoms with E-state index in [4.69, 9.17) is 5.73 Å². The van der Waals surface area contributed by atoms with Gasteiger partial charge in [-0.2, -0.15) is 5.10 Å². The molecular formula is C13H17N5O2S. The van der Waals surface area contributed by atoms with E-state index in [0.29, 0.717) is 27.3 Å². The predicted octanol–water partition coefficient (Wildman–Crippen LogP) is 0.918. The molecule has 2 rings (SSSR count). The minimum atomic E-state index is -0.625. The van der Waals surface area contributed by atoms with Crippen molar-refractivity contribution in [3.8, 4) is 0 Å². The number of nitrogens with zero attached hydrogens (tertiary/aromatic N) is 2. The molecule has 4 N–H and O–H groups in total. The topological polar surface area (TPSA) is 110 Å². The van der Waals surface area contributed by atoms with E-state index in [9.17, 15) is 9.59 Å². The standard InChI is InChI=1S/C13H17N5O2S/c1-3-5-15-11(19)7(2)17-12(20)10-9(14)8-4-6-16-18-13(8)21-10/h4,6-7H,3,5,14H2,1-2H3,(H,15,19)(H,17,20). The molecule has 0 spiro atoms. The van der Waals surface area contributed by atoms with E-state index in [2.05, 4.69) is 20.8 Å². The van der Waals surface area contributed by atoms with Gasteiger partial charge in [0.2, 0.25) is 5.91 Å². The first kappa shape index (κ1) is 15.2. The Bertz CT molecular complexity index is 670. The van der Waals surface area contributed by atoms with Gasteiger partial charge in [0.1, 0.15) is 15.7 Å². The third-order valence-corrected chi connectivity index (χ3v) is 4.02. The lowest BCUT2D eigenvalue weighted by Gasteiger charge is -2.13. The first-order valence-electron chi connectivity index (χ1n) is 6.62. The van der Waals surface area contributed by atoms with Gasteiger partial charge in [-0.15, -0.1) is 16.4 Å². The first-order chi connectivity index (χ1) is 10.0. The Morgan fingerprint density at radius 2 is 2.24 bits per heavy atom. The molecule has 0 aromatic carbocycles. The van der Waals surface area contributed by atoms with Crippen LogP contribution in [0, 0.1) is 0 Å². The molecule has 0 bridgehead atoms. The molecular weight excluding hydrogens is 290 g/mol. The molecule has 0 saturated carbocycles. The highest BCUT2D eigenvalue weighted by molar-refractivity contribution is 7.21. The lowest BCUT2D eigenvalue weighted by Crippen LogP contribution is -2.44. The van der Waals surface area contributed by atoms with Crippen LogP contribution in [-0.4, -0.2) is 34.6 Å². The summed E-state index contributed by atoms with van der Waals surface area (Å²) in [5.74, 6) is -0.598. The number of thiophene rings is 1. The Balaban J connectivity index is 2.12. The number of carbonyl (C=O) groups is 2. The molecule has 1 atom stereocenters. The van der Waals surface area contributed by atoms with E-state index < -0.39 is 6.04 Å². The monoisotopic (exact) mass is 307 g/mol. The number of rotatable bonds is 5. The molecule has 2 aromatic rings. The SMILES string of the molecule is CCCNC(=O)C(C)NC(=O)c1sc2nnccc2c1N. The summed E-state index contributed by atoms with van der Waals surface area (Å²) in [6, 6.07) is 1.09. The third-order valence-electron chi connectivity index (χ3n) is 2.92. The summed E-state index contributed by atoms with van der Waals surface area (Å²) in [6.45, 7) is 4.17. The largest absolute Gasteiger partial charge is 0.397 e. The van der Waals surface area contributed by atoms with Crippen LogP contribution in [-0.2, 0) is 4.79 Å². The minimum absolute atomic E-state index is 0.218. The summed E-state index contributed by atoms with van der Waals surface area (Å²) in [5, 5.41) is 13.7. The summed E-state index contributed by atoms with van der Waals surface area (Å²) in [5.41, 5.74) is 6.32. The summed E-state index contributed by atoms with van der Waals surface area (Å²) in [6.07, 6.45) is 2.36. The van der Waals surface area contributed by atoms with E-state index in [0.717, 1.165) is 17.8 Å².